The Hall–Kier alpha value is -3.36. The molecule has 0 saturated carbocycles. The van der Waals surface area contributed by atoms with Gasteiger partial charge in [-0.25, -0.2) is 4.79 Å². The Morgan fingerprint density at radius 1 is 1.35 bits per heavy atom. The van der Waals surface area contributed by atoms with Gasteiger partial charge in [-0.15, -0.1) is 0 Å². The molecule has 1 aromatic heterocycles. The first-order chi connectivity index (χ1) is 11.0. The largest absolute Gasteiger partial charge is 0.497 e. The number of furan rings is 1. The van der Waals surface area contributed by atoms with E-state index in [-0.39, 0.29) is 17.1 Å². The zero-order valence-corrected chi connectivity index (χ0v) is 12.0. The average Bonchev–Trinajstić information content (AvgIpc) is 3.06. The normalized spacial score (nSPS) is 9.96. The maximum atomic E-state index is 11.8. The van der Waals surface area contributed by atoms with Crippen LogP contribution in [0.25, 0.3) is 0 Å². The van der Waals surface area contributed by atoms with E-state index in [9.17, 15) is 19.7 Å². The Morgan fingerprint density at radius 3 is 2.74 bits per heavy atom. The van der Waals surface area contributed by atoms with Crippen molar-refractivity contribution in [1.29, 1.82) is 0 Å². The Balaban J connectivity index is 2.02. The molecule has 0 aliphatic heterocycles. The van der Waals surface area contributed by atoms with Gasteiger partial charge in [0.1, 0.15) is 11.4 Å². The number of nitrogens with one attached hydrogen (secondary N) is 1. The molecule has 2 rings (SSSR count). The van der Waals surface area contributed by atoms with Crippen molar-refractivity contribution in [2.24, 2.45) is 0 Å². The molecule has 0 aliphatic carbocycles. The van der Waals surface area contributed by atoms with Crippen LogP contribution in [0, 0.1) is 10.1 Å². The predicted molar refractivity (Wildman–Crippen MR) is 77.3 cm³/mol. The summed E-state index contributed by atoms with van der Waals surface area (Å²) in [6.45, 7) is -0.617. The molecule has 0 radical (unpaired) electrons. The number of nitro benzene ring substituents is 1. The van der Waals surface area contributed by atoms with Crippen molar-refractivity contribution in [2.75, 3.05) is 19.0 Å². The van der Waals surface area contributed by atoms with Crippen molar-refractivity contribution in [3.63, 3.8) is 0 Å². The van der Waals surface area contributed by atoms with Crippen molar-refractivity contribution in [3.05, 3.63) is 52.5 Å². The number of ether oxygens (including phenoxy) is 2. The summed E-state index contributed by atoms with van der Waals surface area (Å²) in [5.74, 6) is -1.27. The number of benzene rings is 1. The molecule has 0 spiro atoms. The fourth-order valence-electron chi connectivity index (χ4n) is 1.68. The van der Waals surface area contributed by atoms with Crippen molar-refractivity contribution in [2.45, 2.75) is 0 Å². The molecule has 0 aliphatic rings. The molecule has 1 N–H and O–H groups in total. The van der Waals surface area contributed by atoms with Crippen LogP contribution < -0.4 is 10.1 Å². The van der Waals surface area contributed by atoms with Crippen LogP contribution in [0.4, 0.5) is 11.4 Å². The molecule has 9 heteroatoms. The highest BCUT2D eigenvalue weighted by Gasteiger charge is 2.18. The first-order valence-corrected chi connectivity index (χ1v) is 6.34. The van der Waals surface area contributed by atoms with E-state index in [2.05, 4.69) is 5.32 Å². The molecule has 0 unspecified atom stereocenters. The molecule has 1 amide bonds. The Labute approximate surface area is 129 Å². The van der Waals surface area contributed by atoms with Crippen molar-refractivity contribution < 1.29 is 28.4 Å². The lowest BCUT2D eigenvalue weighted by Gasteiger charge is -2.08. The van der Waals surface area contributed by atoms with E-state index < -0.39 is 23.4 Å². The summed E-state index contributed by atoms with van der Waals surface area (Å²) in [4.78, 5) is 33.6. The topological polar surface area (TPSA) is 121 Å². The van der Waals surface area contributed by atoms with Gasteiger partial charge in [-0.2, -0.15) is 0 Å². The molecular weight excluding hydrogens is 308 g/mol. The Morgan fingerprint density at radius 2 is 2.13 bits per heavy atom. The molecule has 1 aromatic carbocycles. The fraction of sp³-hybridized carbons (Fsp3) is 0.143. The SMILES string of the molecule is COc1ccc([N+](=O)[O-])c(NC(=O)COC(=O)c2ccco2)c1. The average molecular weight is 320 g/mol. The van der Waals surface area contributed by atoms with Crippen molar-refractivity contribution >= 4 is 23.3 Å². The molecule has 1 heterocycles. The highest BCUT2D eigenvalue weighted by atomic mass is 16.6. The lowest BCUT2D eigenvalue weighted by atomic mass is 10.2. The molecule has 23 heavy (non-hydrogen) atoms. The Kier molecular flexibility index (Phi) is 4.92. The number of anilines is 1. The number of hydrogen-bond acceptors (Lipinski definition) is 7. The molecule has 120 valence electrons. The zero-order chi connectivity index (χ0) is 16.8. The number of methoxy groups -OCH3 is 1. The van der Waals surface area contributed by atoms with E-state index >= 15 is 0 Å². The third-order valence-corrected chi connectivity index (χ3v) is 2.73. The zero-order valence-electron chi connectivity index (χ0n) is 12.0. The summed E-state index contributed by atoms with van der Waals surface area (Å²) >= 11 is 0. The van der Waals surface area contributed by atoms with Crippen LogP contribution in [-0.2, 0) is 9.53 Å². The van der Waals surface area contributed by atoms with Crippen LogP contribution in [0.5, 0.6) is 5.75 Å². The summed E-state index contributed by atoms with van der Waals surface area (Å²) in [6, 6.07) is 6.77. The van der Waals surface area contributed by atoms with Gasteiger partial charge in [0.25, 0.3) is 11.6 Å². The number of carbonyl (C=O) groups is 2. The lowest BCUT2D eigenvalue weighted by Crippen LogP contribution is -2.21. The maximum absolute atomic E-state index is 11.8. The first kappa shape index (κ1) is 16.0. The van der Waals surface area contributed by atoms with Gasteiger partial charge in [0.2, 0.25) is 5.76 Å². The number of amides is 1. The summed E-state index contributed by atoms with van der Waals surface area (Å²) in [6.07, 6.45) is 1.29. The molecule has 0 saturated heterocycles. The number of nitrogens with zero attached hydrogens (tertiary/aromatic N) is 1. The van der Waals surface area contributed by atoms with Crippen molar-refractivity contribution in [3.8, 4) is 5.75 Å². The van der Waals surface area contributed by atoms with Crippen LogP contribution in [0.3, 0.4) is 0 Å². The van der Waals surface area contributed by atoms with Crippen LogP contribution in [-0.4, -0.2) is 30.5 Å². The predicted octanol–water partition coefficient (Wildman–Crippen LogP) is 1.99. The molecular formula is C14H12N2O7. The van der Waals surface area contributed by atoms with Crippen LogP contribution in [0.15, 0.2) is 41.0 Å². The number of esters is 1. The van der Waals surface area contributed by atoms with Crippen LogP contribution in [0.1, 0.15) is 10.6 Å². The smallest absolute Gasteiger partial charge is 0.374 e. The van der Waals surface area contributed by atoms with Gasteiger partial charge in [0, 0.05) is 12.1 Å². The molecule has 2 aromatic rings. The quantitative estimate of drug-likeness (QED) is 0.490. The third kappa shape index (κ3) is 4.06. The van der Waals surface area contributed by atoms with Crippen molar-refractivity contribution in [1.82, 2.24) is 0 Å². The highest BCUT2D eigenvalue weighted by molar-refractivity contribution is 5.96. The van der Waals surface area contributed by atoms with E-state index in [1.54, 1.807) is 0 Å². The second-order valence-corrected chi connectivity index (χ2v) is 4.24. The van der Waals surface area contributed by atoms with E-state index in [0.29, 0.717) is 5.75 Å². The van der Waals surface area contributed by atoms with Crippen LogP contribution >= 0.6 is 0 Å². The summed E-state index contributed by atoms with van der Waals surface area (Å²) in [5, 5.41) is 13.2. The van der Waals surface area contributed by atoms with Gasteiger partial charge in [-0.05, 0) is 18.2 Å². The second-order valence-electron chi connectivity index (χ2n) is 4.24. The Bertz CT molecular complexity index is 725. The fourth-order valence-corrected chi connectivity index (χ4v) is 1.68. The van der Waals surface area contributed by atoms with Gasteiger partial charge < -0.3 is 19.2 Å². The number of rotatable bonds is 6. The lowest BCUT2D eigenvalue weighted by molar-refractivity contribution is -0.383. The summed E-state index contributed by atoms with van der Waals surface area (Å²) < 4.78 is 14.5. The number of hydrogen-bond donors (Lipinski definition) is 1. The van der Waals surface area contributed by atoms with Gasteiger partial charge in [-0.3, -0.25) is 14.9 Å². The minimum absolute atomic E-state index is 0.0508. The molecule has 9 nitrogen and oxygen atoms in total. The first-order valence-electron chi connectivity index (χ1n) is 6.34. The summed E-state index contributed by atoms with van der Waals surface area (Å²) in [7, 11) is 1.39. The molecule has 0 fully saturated rings. The van der Waals surface area contributed by atoms with Crippen LogP contribution in [0.2, 0.25) is 0 Å². The van der Waals surface area contributed by atoms with Gasteiger partial charge in [0.15, 0.2) is 6.61 Å². The van der Waals surface area contributed by atoms with E-state index in [1.807, 2.05) is 0 Å². The monoisotopic (exact) mass is 320 g/mol. The molecule has 0 bridgehead atoms. The molecule has 0 atom stereocenters. The third-order valence-electron chi connectivity index (χ3n) is 2.73. The maximum Gasteiger partial charge on any atom is 0.374 e. The van der Waals surface area contributed by atoms with Gasteiger partial charge >= 0.3 is 5.97 Å². The highest BCUT2D eigenvalue weighted by Crippen LogP contribution is 2.28. The number of nitro groups is 1. The summed E-state index contributed by atoms with van der Waals surface area (Å²) in [5.41, 5.74) is -0.370. The van der Waals surface area contributed by atoms with Gasteiger partial charge in [0.05, 0.1) is 18.3 Å². The second kappa shape index (κ2) is 7.07. The number of carbonyl (C=O) groups excluding carboxylic acids is 2. The minimum Gasteiger partial charge on any atom is -0.497 e. The van der Waals surface area contributed by atoms with E-state index in [4.69, 9.17) is 13.9 Å². The minimum atomic E-state index is -0.815. The standard InChI is InChI=1S/C14H12N2O7/c1-21-9-4-5-11(16(19)20)10(7-9)15-13(17)8-23-14(18)12-3-2-6-22-12/h2-7H,8H2,1H3,(H,15,17). The van der Waals surface area contributed by atoms with E-state index in [1.165, 1.54) is 43.7 Å². The van der Waals surface area contributed by atoms with Gasteiger partial charge in [-0.1, -0.05) is 0 Å². The van der Waals surface area contributed by atoms with E-state index in [0.717, 1.165) is 0 Å².